The van der Waals surface area contributed by atoms with Gasteiger partial charge in [0.05, 0.1) is 0 Å². The molecule has 18 heavy (non-hydrogen) atoms. The fraction of sp³-hybridized carbons (Fsp3) is 0.933. The summed E-state index contributed by atoms with van der Waals surface area (Å²) in [5, 5.41) is 3.16. The summed E-state index contributed by atoms with van der Waals surface area (Å²) in [7, 11) is 0. The highest BCUT2D eigenvalue weighted by Crippen LogP contribution is 2.44. The molecule has 1 aliphatic heterocycles. The van der Waals surface area contributed by atoms with Gasteiger partial charge in [0.2, 0.25) is 0 Å². The minimum atomic E-state index is 0.199. The van der Waals surface area contributed by atoms with Gasteiger partial charge in [-0.15, -0.1) is 0 Å². The SMILES string of the molecule is O=C(NC1CCC1)N1CCC2(CCCCC2)CC1. The van der Waals surface area contributed by atoms with Gasteiger partial charge in [-0.1, -0.05) is 19.3 Å². The van der Waals surface area contributed by atoms with Gasteiger partial charge in [-0.2, -0.15) is 0 Å². The standard InChI is InChI=1S/C15H26N2O/c18-14(16-13-5-4-6-13)17-11-9-15(10-12-17)7-2-1-3-8-15/h13H,1-12H2,(H,16,18). The molecule has 2 saturated carbocycles. The first-order valence-electron chi connectivity index (χ1n) is 7.83. The maximum atomic E-state index is 12.1. The lowest BCUT2D eigenvalue weighted by atomic mass is 9.68. The number of nitrogens with zero attached hydrogens (tertiary/aromatic N) is 1. The van der Waals surface area contributed by atoms with E-state index in [-0.39, 0.29) is 6.03 Å². The van der Waals surface area contributed by atoms with Gasteiger partial charge in [0.15, 0.2) is 0 Å². The van der Waals surface area contributed by atoms with Crippen molar-refractivity contribution in [2.75, 3.05) is 13.1 Å². The molecular weight excluding hydrogens is 224 g/mol. The minimum Gasteiger partial charge on any atom is -0.335 e. The summed E-state index contributed by atoms with van der Waals surface area (Å²) < 4.78 is 0. The Labute approximate surface area is 110 Å². The van der Waals surface area contributed by atoms with Crippen molar-refractivity contribution in [3.05, 3.63) is 0 Å². The zero-order valence-electron chi connectivity index (χ0n) is 11.4. The molecule has 2 amide bonds. The van der Waals surface area contributed by atoms with Crippen LogP contribution in [0, 0.1) is 5.41 Å². The second-order valence-electron chi connectivity index (χ2n) is 6.63. The monoisotopic (exact) mass is 250 g/mol. The predicted molar refractivity (Wildman–Crippen MR) is 72.5 cm³/mol. The predicted octanol–water partition coefficient (Wildman–Crippen LogP) is 3.29. The fourth-order valence-electron chi connectivity index (χ4n) is 3.80. The normalized spacial score (nSPS) is 27.9. The van der Waals surface area contributed by atoms with Crippen LogP contribution in [0.3, 0.4) is 0 Å². The number of piperidine rings is 1. The largest absolute Gasteiger partial charge is 0.335 e. The molecule has 0 aromatic rings. The van der Waals surface area contributed by atoms with E-state index < -0.39 is 0 Å². The van der Waals surface area contributed by atoms with Crippen molar-refractivity contribution in [2.45, 2.75) is 70.3 Å². The third-order valence-electron chi connectivity index (χ3n) is 5.46. The van der Waals surface area contributed by atoms with Crippen LogP contribution in [0.2, 0.25) is 0 Å². The van der Waals surface area contributed by atoms with Crippen LogP contribution in [0.4, 0.5) is 4.79 Å². The molecule has 102 valence electrons. The molecule has 2 aliphatic carbocycles. The molecule has 3 nitrogen and oxygen atoms in total. The Morgan fingerprint density at radius 2 is 1.61 bits per heavy atom. The molecule has 3 rings (SSSR count). The van der Waals surface area contributed by atoms with E-state index in [1.165, 1.54) is 64.2 Å². The highest BCUT2D eigenvalue weighted by molar-refractivity contribution is 5.74. The topological polar surface area (TPSA) is 32.3 Å². The third-order valence-corrected chi connectivity index (χ3v) is 5.46. The highest BCUT2D eigenvalue weighted by atomic mass is 16.2. The van der Waals surface area contributed by atoms with Crippen molar-refractivity contribution >= 4 is 6.03 Å². The molecule has 1 spiro atoms. The molecule has 0 bridgehead atoms. The van der Waals surface area contributed by atoms with Crippen LogP contribution in [0.5, 0.6) is 0 Å². The summed E-state index contributed by atoms with van der Waals surface area (Å²) in [4.78, 5) is 14.1. The van der Waals surface area contributed by atoms with Crippen molar-refractivity contribution < 1.29 is 4.79 Å². The van der Waals surface area contributed by atoms with Crippen molar-refractivity contribution in [3.8, 4) is 0 Å². The first kappa shape index (κ1) is 12.3. The van der Waals surface area contributed by atoms with E-state index >= 15 is 0 Å². The summed E-state index contributed by atoms with van der Waals surface area (Å²) in [5.41, 5.74) is 0.603. The van der Waals surface area contributed by atoms with Crippen LogP contribution in [-0.2, 0) is 0 Å². The van der Waals surface area contributed by atoms with Crippen molar-refractivity contribution in [2.24, 2.45) is 5.41 Å². The van der Waals surface area contributed by atoms with Gasteiger partial charge in [0.1, 0.15) is 0 Å². The second kappa shape index (κ2) is 5.10. The van der Waals surface area contributed by atoms with Gasteiger partial charge in [0, 0.05) is 19.1 Å². The van der Waals surface area contributed by atoms with E-state index in [0.29, 0.717) is 11.5 Å². The zero-order valence-corrected chi connectivity index (χ0v) is 11.4. The van der Waals surface area contributed by atoms with Crippen LogP contribution in [0.1, 0.15) is 64.2 Å². The van der Waals surface area contributed by atoms with E-state index in [4.69, 9.17) is 0 Å². The number of rotatable bonds is 1. The number of carbonyl (C=O) groups excluding carboxylic acids is 1. The molecule has 0 aromatic carbocycles. The second-order valence-corrected chi connectivity index (χ2v) is 6.63. The number of carbonyl (C=O) groups is 1. The minimum absolute atomic E-state index is 0.199. The number of hydrogen-bond donors (Lipinski definition) is 1. The quantitative estimate of drug-likeness (QED) is 0.761. The van der Waals surface area contributed by atoms with Crippen LogP contribution in [0.25, 0.3) is 0 Å². The average Bonchev–Trinajstić information content (AvgIpc) is 2.35. The van der Waals surface area contributed by atoms with E-state index in [2.05, 4.69) is 10.2 Å². The van der Waals surface area contributed by atoms with Crippen LogP contribution in [0.15, 0.2) is 0 Å². The first-order valence-corrected chi connectivity index (χ1v) is 7.83. The van der Waals surface area contributed by atoms with Crippen molar-refractivity contribution in [1.82, 2.24) is 10.2 Å². The van der Waals surface area contributed by atoms with Gasteiger partial charge >= 0.3 is 6.03 Å². The lowest BCUT2D eigenvalue weighted by Gasteiger charge is -2.44. The highest BCUT2D eigenvalue weighted by Gasteiger charge is 2.37. The Morgan fingerprint density at radius 3 is 2.17 bits per heavy atom. The summed E-state index contributed by atoms with van der Waals surface area (Å²) in [6.45, 7) is 1.97. The average molecular weight is 250 g/mol. The van der Waals surface area contributed by atoms with E-state index in [1.807, 2.05) is 0 Å². The molecule has 1 N–H and O–H groups in total. The lowest BCUT2D eigenvalue weighted by molar-refractivity contribution is 0.0793. The maximum absolute atomic E-state index is 12.1. The first-order chi connectivity index (χ1) is 8.77. The van der Waals surface area contributed by atoms with E-state index in [0.717, 1.165) is 13.1 Å². The van der Waals surface area contributed by atoms with Crippen molar-refractivity contribution in [1.29, 1.82) is 0 Å². The lowest BCUT2D eigenvalue weighted by Crippen LogP contribution is -2.51. The van der Waals surface area contributed by atoms with Gasteiger partial charge in [-0.3, -0.25) is 0 Å². The third kappa shape index (κ3) is 2.50. The zero-order chi connectivity index (χ0) is 12.4. The Hall–Kier alpha value is -0.730. The summed E-state index contributed by atoms with van der Waals surface area (Å²) in [5.74, 6) is 0. The van der Waals surface area contributed by atoms with Crippen molar-refractivity contribution in [3.63, 3.8) is 0 Å². The summed E-state index contributed by atoms with van der Waals surface area (Å²) >= 11 is 0. The molecule has 0 radical (unpaired) electrons. The number of urea groups is 1. The molecule has 0 unspecified atom stereocenters. The Kier molecular flexibility index (Phi) is 3.49. The Morgan fingerprint density at radius 1 is 0.944 bits per heavy atom. The van der Waals surface area contributed by atoms with Crippen LogP contribution in [-0.4, -0.2) is 30.1 Å². The molecular formula is C15H26N2O. The fourth-order valence-corrected chi connectivity index (χ4v) is 3.80. The number of hydrogen-bond acceptors (Lipinski definition) is 1. The van der Waals surface area contributed by atoms with Gasteiger partial charge in [0.25, 0.3) is 0 Å². The Bertz CT molecular complexity index is 296. The molecule has 3 aliphatic rings. The molecule has 3 heteroatoms. The Balaban J connectivity index is 1.48. The van der Waals surface area contributed by atoms with E-state index in [1.54, 1.807) is 0 Å². The molecule has 0 aromatic heterocycles. The maximum Gasteiger partial charge on any atom is 0.317 e. The smallest absolute Gasteiger partial charge is 0.317 e. The number of amides is 2. The number of nitrogens with one attached hydrogen (secondary N) is 1. The van der Waals surface area contributed by atoms with Gasteiger partial charge < -0.3 is 10.2 Å². The molecule has 0 atom stereocenters. The molecule has 3 fully saturated rings. The van der Waals surface area contributed by atoms with Gasteiger partial charge in [-0.25, -0.2) is 4.79 Å². The molecule has 1 heterocycles. The number of likely N-dealkylation sites (tertiary alicyclic amines) is 1. The van der Waals surface area contributed by atoms with E-state index in [9.17, 15) is 4.79 Å². The summed E-state index contributed by atoms with van der Waals surface area (Å²) in [6.07, 6.45) is 13.2. The summed E-state index contributed by atoms with van der Waals surface area (Å²) in [6, 6.07) is 0.674. The molecule has 1 saturated heterocycles. The van der Waals surface area contributed by atoms with Crippen LogP contribution < -0.4 is 5.32 Å². The van der Waals surface area contributed by atoms with Gasteiger partial charge in [-0.05, 0) is 50.4 Å². The van der Waals surface area contributed by atoms with Crippen LogP contribution >= 0.6 is 0 Å².